The number of carbonyl (C=O) groups excluding carboxylic acids is 2. The van der Waals surface area contributed by atoms with Crippen molar-refractivity contribution in [3.63, 3.8) is 0 Å². The lowest BCUT2D eigenvalue weighted by molar-refractivity contribution is -0.144. The molecule has 1 aliphatic heterocycles. The van der Waals surface area contributed by atoms with E-state index in [0.717, 1.165) is 11.0 Å². The van der Waals surface area contributed by atoms with Gasteiger partial charge in [0.15, 0.2) is 0 Å². The molecule has 5 nitrogen and oxygen atoms in total. The van der Waals surface area contributed by atoms with Crippen molar-refractivity contribution in [1.29, 1.82) is 0 Å². The predicted molar refractivity (Wildman–Crippen MR) is 62.7 cm³/mol. The summed E-state index contributed by atoms with van der Waals surface area (Å²) in [6.45, 7) is 0. The van der Waals surface area contributed by atoms with E-state index >= 15 is 0 Å². The molecule has 0 aromatic heterocycles. The van der Waals surface area contributed by atoms with Gasteiger partial charge in [0.05, 0.1) is 11.8 Å². The third kappa shape index (κ3) is 2.09. The summed E-state index contributed by atoms with van der Waals surface area (Å²) in [7, 11) is 1.30. The number of carboxylic acid groups (broad SMARTS) is 1. The molecule has 1 saturated heterocycles. The summed E-state index contributed by atoms with van der Waals surface area (Å²) in [5, 5.41) is 8.98. The molecule has 0 spiro atoms. The molecule has 19 heavy (non-hydrogen) atoms. The zero-order chi connectivity index (χ0) is 14.2. The fourth-order valence-corrected chi connectivity index (χ4v) is 2.40. The van der Waals surface area contributed by atoms with Gasteiger partial charge < -0.3 is 5.11 Å². The van der Waals surface area contributed by atoms with Crippen molar-refractivity contribution in [3.05, 3.63) is 35.6 Å². The Hall–Kier alpha value is -2.24. The van der Waals surface area contributed by atoms with Gasteiger partial charge >= 0.3 is 5.97 Å². The first-order valence-electron chi connectivity index (χ1n) is 5.65. The van der Waals surface area contributed by atoms with E-state index in [1.807, 2.05) is 0 Å². The molecule has 0 aliphatic carbocycles. The number of rotatable bonds is 3. The molecular weight excluding hydrogens is 253 g/mol. The summed E-state index contributed by atoms with van der Waals surface area (Å²) in [6, 6.07) is 5.16. The molecule has 0 bridgehead atoms. The van der Waals surface area contributed by atoms with Crippen LogP contribution in [0, 0.1) is 5.82 Å². The van der Waals surface area contributed by atoms with Gasteiger partial charge in [0.1, 0.15) is 5.82 Å². The molecule has 1 heterocycles. The highest BCUT2D eigenvalue weighted by atomic mass is 19.1. The number of likely N-dealkylation sites (N-methyl/N-ethyl adjacent to an activating group) is 1. The molecule has 2 amide bonds. The summed E-state index contributed by atoms with van der Waals surface area (Å²) in [5.41, 5.74) is -1.28. The van der Waals surface area contributed by atoms with E-state index in [9.17, 15) is 18.8 Å². The number of benzene rings is 1. The van der Waals surface area contributed by atoms with Crippen LogP contribution >= 0.6 is 0 Å². The van der Waals surface area contributed by atoms with Gasteiger partial charge in [-0.05, 0) is 17.7 Å². The second-order valence-corrected chi connectivity index (χ2v) is 4.60. The molecule has 1 fully saturated rings. The summed E-state index contributed by atoms with van der Waals surface area (Å²) in [5.74, 6) is -2.85. The molecular formula is C13H12FNO4. The fraction of sp³-hybridized carbons (Fsp3) is 0.308. The Bertz CT molecular complexity index is 568. The Morgan fingerprint density at radius 2 is 2.16 bits per heavy atom. The number of nitrogens with zero attached hydrogens (tertiary/aromatic N) is 1. The SMILES string of the molecule is CN1C(=O)CC(CC(=O)O)(c2cccc(F)c2)C1=O. The van der Waals surface area contributed by atoms with Crippen LogP contribution in [-0.4, -0.2) is 34.8 Å². The predicted octanol–water partition coefficient (Wildman–Crippen LogP) is 0.927. The van der Waals surface area contributed by atoms with E-state index in [0.29, 0.717) is 0 Å². The van der Waals surface area contributed by atoms with Crippen molar-refractivity contribution in [2.75, 3.05) is 7.05 Å². The first kappa shape index (κ1) is 13.2. The second-order valence-electron chi connectivity index (χ2n) is 4.60. The zero-order valence-electron chi connectivity index (χ0n) is 10.2. The highest BCUT2D eigenvalue weighted by molar-refractivity contribution is 6.10. The van der Waals surface area contributed by atoms with Gasteiger partial charge in [-0.3, -0.25) is 19.3 Å². The Morgan fingerprint density at radius 3 is 2.63 bits per heavy atom. The molecule has 1 N–H and O–H groups in total. The molecule has 1 aliphatic rings. The van der Waals surface area contributed by atoms with Crippen molar-refractivity contribution in [1.82, 2.24) is 4.90 Å². The molecule has 6 heteroatoms. The first-order chi connectivity index (χ1) is 8.86. The summed E-state index contributed by atoms with van der Waals surface area (Å²) in [4.78, 5) is 35.8. The number of carbonyl (C=O) groups is 3. The number of hydrogen-bond donors (Lipinski definition) is 1. The third-order valence-electron chi connectivity index (χ3n) is 3.37. The summed E-state index contributed by atoms with van der Waals surface area (Å²) in [6.07, 6.45) is -0.788. The van der Waals surface area contributed by atoms with Crippen LogP contribution in [0.5, 0.6) is 0 Å². The lowest BCUT2D eigenvalue weighted by atomic mass is 9.76. The monoisotopic (exact) mass is 265 g/mol. The minimum atomic E-state index is -1.50. The van der Waals surface area contributed by atoms with Gasteiger partial charge in [-0.15, -0.1) is 0 Å². The number of likely N-dealkylation sites (tertiary alicyclic amines) is 1. The molecule has 1 aromatic rings. The lowest BCUT2D eigenvalue weighted by Crippen LogP contribution is -2.38. The minimum Gasteiger partial charge on any atom is -0.481 e. The van der Waals surface area contributed by atoms with Gasteiger partial charge in [0.25, 0.3) is 0 Å². The maximum Gasteiger partial charge on any atom is 0.304 e. The maximum atomic E-state index is 13.3. The quantitative estimate of drug-likeness (QED) is 0.825. The van der Waals surface area contributed by atoms with E-state index < -0.39 is 35.4 Å². The van der Waals surface area contributed by atoms with Crippen LogP contribution < -0.4 is 0 Å². The largest absolute Gasteiger partial charge is 0.481 e. The van der Waals surface area contributed by atoms with Gasteiger partial charge in [0, 0.05) is 13.5 Å². The van der Waals surface area contributed by atoms with E-state index in [-0.39, 0.29) is 12.0 Å². The average molecular weight is 265 g/mol. The molecule has 0 radical (unpaired) electrons. The second kappa shape index (κ2) is 4.46. The van der Waals surface area contributed by atoms with Gasteiger partial charge in [-0.25, -0.2) is 4.39 Å². The van der Waals surface area contributed by atoms with E-state index in [1.54, 1.807) is 0 Å². The van der Waals surface area contributed by atoms with Crippen LogP contribution in [0.2, 0.25) is 0 Å². The molecule has 100 valence electrons. The fourth-order valence-electron chi connectivity index (χ4n) is 2.40. The highest BCUT2D eigenvalue weighted by Crippen LogP contribution is 2.39. The van der Waals surface area contributed by atoms with E-state index in [4.69, 9.17) is 5.11 Å². The number of amides is 2. The van der Waals surface area contributed by atoms with Crippen LogP contribution in [0.1, 0.15) is 18.4 Å². The van der Waals surface area contributed by atoms with E-state index in [1.165, 1.54) is 25.2 Å². The van der Waals surface area contributed by atoms with Gasteiger partial charge in [0.2, 0.25) is 11.8 Å². The number of carboxylic acids is 1. The van der Waals surface area contributed by atoms with Crippen molar-refractivity contribution >= 4 is 17.8 Å². The van der Waals surface area contributed by atoms with E-state index in [2.05, 4.69) is 0 Å². The van der Waals surface area contributed by atoms with Crippen LogP contribution in [0.4, 0.5) is 4.39 Å². The molecule has 0 saturated carbocycles. The van der Waals surface area contributed by atoms with Crippen molar-refractivity contribution < 1.29 is 23.9 Å². The molecule has 1 aromatic carbocycles. The first-order valence-corrected chi connectivity index (χ1v) is 5.65. The Balaban J connectivity index is 2.56. The standard InChI is InChI=1S/C13H12FNO4/c1-15-10(16)6-13(12(15)19,7-11(17)18)8-3-2-4-9(14)5-8/h2-5H,6-7H2,1H3,(H,17,18). The summed E-state index contributed by atoms with van der Waals surface area (Å²) >= 11 is 0. The Labute approximate surface area is 108 Å². The van der Waals surface area contributed by atoms with Gasteiger partial charge in [-0.2, -0.15) is 0 Å². The topological polar surface area (TPSA) is 74.7 Å². The molecule has 1 unspecified atom stereocenters. The smallest absolute Gasteiger partial charge is 0.304 e. The van der Waals surface area contributed by atoms with Crippen molar-refractivity contribution in [2.45, 2.75) is 18.3 Å². The maximum absolute atomic E-state index is 13.3. The van der Waals surface area contributed by atoms with Crippen molar-refractivity contribution in [3.8, 4) is 0 Å². The minimum absolute atomic E-state index is 0.220. The molecule has 1 atom stereocenters. The van der Waals surface area contributed by atoms with Gasteiger partial charge in [-0.1, -0.05) is 12.1 Å². The number of imide groups is 1. The summed E-state index contributed by atoms with van der Waals surface area (Å²) < 4.78 is 13.3. The number of aliphatic carboxylic acids is 1. The average Bonchev–Trinajstić information content (AvgIpc) is 2.54. The van der Waals surface area contributed by atoms with Crippen LogP contribution in [0.15, 0.2) is 24.3 Å². The number of hydrogen-bond acceptors (Lipinski definition) is 3. The van der Waals surface area contributed by atoms with Crippen molar-refractivity contribution in [2.24, 2.45) is 0 Å². The lowest BCUT2D eigenvalue weighted by Gasteiger charge is -2.24. The van der Waals surface area contributed by atoms with Crippen LogP contribution in [-0.2, 0) is 19.8 Å². The zero-order valence-corrected chi connectivity index (χ0v) is 10.2. The van der Waals surface area contributed by atoms with Crippen LogP contribution in [0.3, 0.4) is 0 Å². The highest BCUT2D eigenvalue weighted by Gasteiger charge is 2.52. The normalized spacial score (nSPS) is 22.9. The Morgan fingerprint density at radius 1 is 1.47 bits per heavy atom. The Kier molecular flexibility index (Phi) is 3.09. The van der Waals surface area contributed by atoms with Crippen LogP contribution in [0.25, 0.3) is 0 Å². The molecule has 2 rings (SSSR count). The third-order valence-corrected chi connectivity index (χ3v) is 3.37. The number of halogens is 1.